The van der Waals surface area contributed by atoms with E-state index >= 15 is 0 Å². The zero-order chi connectivity index (χ0) is 28.2. The van der Waals surface area contributed by atoms with Crippen molar-refractivity contribution in [2.45, 2.75) is 38.6 Å². The Hall–Kier alpha value is -3.98. The number of aromatic nitrogens is 2. The van der Waals surface area contributed by atoms with E-state index < -0.39 is 5.41 Å². The molecule has 214 valence electrons. The molecule has 4 aliphatic heterocycles. The monoisotopic (exact) mass is 555 g/mol. The largest absolute Gasteiger partial charge is 0.490 e. The summed E-state index contributed by atoms with van der Waals surface area (Å²) in [7, 11) is 0. The molecule has 2 atom stereocenters. The number of rotatable bonds is 5. The zero-order valence-electron chi connectivity index (χ0n) is 23.6. The molecule has 3 aromatic rings. The summed E-state index contributed by atoms with van der Waals surface area (Å²) in [5.41, 5.74) is 3.58. The summed E-state index contributed by atoms with van der Waals surface area (Å²) < 4.78 is 12.6. The molecule has 2 amide bonds. The van der Waals surface area contributed by atoms with E-state index in [2.05, 4.69) is 26.3 Å². The van der Waals surface area contributed by atoms with Crippen LogP contribution in [0.3, 0.4) is 0 Å². The van der Waals surface area contributed by atoms with Crippen LogP contribution >= 0.6 is 0 Å². The molecule has 4 aliphatic rings. The molecule has 2 aromatic heterocycles. The summed E-state index contributed by atoms with van der Waals surface area (Å²) in [6, 6.07) is 15.9. The number of aryl methyl sites for hydroxylation is 2. The summed E-state index contributed by atoms with van der Waals surface area (Å²) in [5.74, 6) is 1.61. The number of pyridine rings is 2. The number of para-hydroxylation sites is 1. The topological polar surface area (TPSA) is 96.9 Å². The molecule has 1 aromatic carbocycles. The molecule has 1 spiro atoms. The average molecular weight is 556 g/mol. The fraction of sp³-hybridized carbons (Fsp3) is 0.438. The van der Waals surface area contributed by atoms with E-state index in [1.807, 2.05) is 60.5 Å². The molecule has 0 unspecified atom stereocenters. The Bertz CT molecular complexity index is 1400. The standard InChI is InChI=1S/C32H37N5O4/c1-23-6-2-8-25(35-23)17-36-14-5-15-40-28-10-3-9-26-27-18-37(30(39)12-11-24-7-4-13-33-16-24)21-32(27,22-41-31(26)28)20-34-29(38)19-36/h2-4,6-10,13,16,27H,5,11-12,14-15,17-22H2,1H3,(H,34,38)/t27-,32+/m0/s1. The van der Waals surface area contributed by atoms with Gasteiger partial charge in [0.25, 0.3) is 0 Å². The minimum Gasteiger partial charge on any atom is -0.490 e. The van der Waals surface area contributed by atoms with Crippen molar-refractivity contribution in [1.29, 1.82) is 0 Å². The van der Waals surface area contributed by atoms with Crippen molar-refractivity contribution in [2.24, 2.45) is 5.41 Å². The first-order valence-electron chi connectivity index (χ1n) is 14.5. The highest BCUT2D eigenvalue weighted by atomic mass is 16.5. The van der Waals surface area contributed by atoms with Crippen LogP contribution in [0.15, 0.2) is 60.9 Å². The summed E-state index contributed by atoms with van der Waals surface area (Å²) in [6.45, 7) is 6.01. The molecule has 1 N–H and O–H groups in total. The maximum atomic E-state index is 13.4. The Balaban J connectivity index is 1.23. The lowest BCUT2D eigenvalue weighted by molar-refractivity contribution is -0.130. The molecule has 4 bridgehead atoms. The van der Waals surface area contributed by atoms with Crippen LogP contribution in [0.4, 0.5) is 0 Å². The Morgan fingerprint density at radius 3 is 2.90 bits per heavy atom. The quantitative estimate of drug-likeness (QED) is 0.517. The number of benzene rings is 1. The highest BCUT2D eigenvalue weighted by Gasteiger charge is 2.53. The normalized spacial score (nSPS) is 22.7. The number of hydrogen-bond donors (Lipinski definition) is 1. The lowest BCUT2D eigenvalue weighted by Crippen LogP contribution is -2.50. The Kier molecular flexibility index (Phi) is 7.87. The third-order valence-electron chi connectivity index (χ3n) is 8.45. The van der Waals surface area contributed by atoms with Crippen LogP contribution in [-0.2, 0) is 22.6 Å². The van der Waals surface area contributed by atoms with Gasteiger partial charge >= 0.3 is 0 Å². The number of ether oxygens (including phenoxy) is 2. The number of fused-ring (bicyclic) bond motifs is 9. The van der Waals surface area contributed by atoms with Gasteiger partial charge in [-0.25, -0.2) is 0 Å². The maximum Gasteiger partial charge on any atom is 0.234 e. The Morgan fingerprint density at radius 2 is 2.05 bits per heavy atom. The SMILES string of the molecule is Cc1cccc(CN2CCCOc3cccc4c3OC[C@@]3(CNC(=O)C2)CN(C(=O)CCc2cccnc2)C[C@@H]43)n1. The van der Waals surface area contributed by atoms with Crippen LogP contribution in [0, 0.1) is 12.3 Å². The molecular formula is C32H37N5O4. The number of amides is 2. The molecule has 6 heterocycles. The van der Waals surface area contributed by atoms with Gasteiger partial charge in [-0.05, 0) is 49.6 Å². The molecule has 0 radical (unpaired) electrons. The van der Waals surface area contributed by atoms with Crippen LogP contribution < -0.4 is 14.8 Å². The lowest BCUT2D eigenvalue weighted by Gasteiger charge is -2.40. The van der Waals surface area contributed by atoms with Crippen LogP contribution in [0.2, 0.25) is 0 Å². The minimum absolute atomic E-state index is 0.0352. The summed E-state index contributed by atoms with van der Waals surface area (Å²) >= 11 is 0. The van der Waals surface area contributed by atoms with Crippen molar-refractivity contribution in [3.05, 3.63) is 83.4 Å². The molecular weight excluding hydrogens is 518 g/mol. The first-order chi connectivity index (χ1) is 20.0. The van der Waals surface area contributed by atoms with Gasteiger partial charge in [0, 0.05) is 74.1 Å². The molecule has 41 heavy (non-hydrogen) atoms. The second kappa shape index (κ2) is 11.9. The van der Waals surface area contributed by atoms with Crippen molar-refractivity contribution < 1.29 is 19.1 Å². The van der Waals surface area contributed by atoms with E-state index in [0.717, 1.165) is 40.4 Å². The lowest BCUT2D eigenvalue weighted by atomic mass is 9.73. The number of carbonyl (C=O) groups excluding carboxylic acids is 2. The van der Waals surface area contributed by atoms with Crippen molar-refractivity contribution in [2.75, 3.05) is 45.9 Å². The van der Waals surface area contributed by atoms with E-state index in [1.165, 1.54) is 0 Å². The van der Waals surface area contributed by atoms with Gasteiger partial charge in [-0.2, -0.15) is 0 Å². The van der Waals surface area contributed by atoms with E-state index in [9.17, 15) is 9.59 Å². The molecule has 9 heteroatoms. The number of nitrogens with one attached hydrogen (secondary N) is 1. The van der Waals surface area contributed by atoms with E-state index in [0.29, 0.717) is 58.8 Å². The Labute approximate surface area is 240 Å². The van der Waals surface area contributed by atoms with E-state index in [4.69, 9.17) is 9.47 Å². The molecule has 1 saturated heterocycles. The Morgan fingerprint density at radius 1 is 1.15 bits per heavy atom. The molecule has 1 fully saturated rings. The molecule has 0 aliphatic carbocycles. The highest BCUT2D eigenvalue weighted by Crippen LogP contribution is 2.52. The van der Waals surface area contributed by atoms with Gasteiger partial charge in [-0.1, -0.05) is 24.3 Å². The van der Waals surface area contributed by atoms with Gasteiger partial charge in [0.05, 0.1) is 25.5 Å². The van der Waals surface area contributed by atoms with Crippen LogP contribution in [-0.4, -0.2) is 77.5 Å². The van der Waals surface area contributed by atoms with Crippen molar-refractivity contribution in [1.82, 2.24) is 25.1 Å². The predicted molar refractivity (Wildman–Crippen MR) is 154 cm³/mol. The fourth-order valence-corrected chi connectivity index (χ4v) is 6.34. The van der Waals surface area contributed by atoms with Crippen molar-refractivity contribution in [3.63, 3.8) is 0 Å². The first-order valence-corrected chi connectivity index (χ1v) is 14.5. The van der Waals surface area contributed by atoms with Crippen molar-refractivity contribution >= 4 is 11.8 Å². The fourth-order valence-electron chi connectivity index (χ4n) is 6.34. The van der Waals surface area contributed by atoms with E-state index in [-0.39, 0.29) is 24.3 Å². The second-order valence-corrected chi connectivity index (χ2v) is 11.5. The van der Waals surface area contributed by atoms with E-state index in [1.54, 1.807) is 6.20 Å². The second-order valence-electron chi connectivity index (χ2n) is 11.5. The van der Waals surface area contributed by atoms with Crippen molar-refractivity contribution in [3.8, 4) is 11.5 Å². The first kappa shape index (κ1) is 27.2. The molecule has 7 rings (SSSR count). The smallest absolute Gasteiger partial charge is 0.234 e. The molecule has 9 nitrogen and oxygen atoms in total. The summed E-state index contributed by atoms with van der Waals surface area (Å²) in [5, 5.41) is 3.22. The zero-order valence-corrected chi connectivity index (χ0v) is 23.6. The number of carbonyl (C=O) groups is 2. The maximum absolute atomic E-state index is 13.4. The van der Waals surface area contributed by atoms with Crippen LogP contribution in [0.5, 0.6) is 11.5 Å². The van der Waals surface area contributed by atoms with Gasteiger partial charge in [0.1, 0.15) is 0 Å². The molecule has 0 saturated carbocycles. The minimum atomic E-state index is -0.418. The number of nitrogens with zero attached hydrogens (tertiary/aromatic N) is 4. The number of hydrogen-bond acceptors (Lipinski definition) is 7. The summed E-state index contributed by atoms with van der Waals surface area (Å²) in [4.78, 5) is 39.6. The van der Waals surface area contributed by atoms with Crippen LogP contribution in [0.25, 0.3) is 0 Å². The van der Waals surface area contributed by atoms with Crippen LogP contribution in [0.1, 0.15) is 41.3 Å². The third-order valence-corrected chi connectivity index (χ3v) is 8.45. The number of likely N-dealkylation sites (tertiary alicyclic amines) is 1. The third kappa shape index (κ3) is 6.05. The highest BCUT2D eigenvalue weighted by molar-refractivity contribution is 5.79. The predicted octanol–water partition coefficient (Wildman–Crippen LogP) is 3.12. The van der Waals surface area contributed by atoms with Gasteiger partial charge in [0.2, 0.25) is 11.8 Å². The van der Waals surface area contributed by atoms with Gasteiger partial charge in [-0.3, -0.25) is 24.5 Å². The van der Waals surface area contributed by atoms with Gasteiger partial charge in [0.15, 0.2) is 11.5 Å². The van der Waals surface area contributed by atoms with Gasteiger partial charge in [-0.15, -0.1) is 0 Å². The average Bonchev–Trinajstić information content (AvgIpc) is 3.38. The van der Waals surface area contributed by atoms with Gasteiger partial charge < -0.3 is 19.7 Å². The summed E-state index contributed by atoms with van der Waals surface area (Å²) in [6.07, 6.45) is 5.37.